The van der Waals surface area contributed by atoms with E-state index in [9.17, 15) is 0 Å². The van der Waals surface area contributed by atoms with Gasteiger partial charge >= 0.3 is 0 Å². The molecule has 2 aliphatic rings. The van der Waals surface area contributed by atoms with E-state index in [0.29, 0.717) is 6.61 Å². The molecular formula is C17H24N4OS. The highest BCUT2D eigenvalue weighted by molar-refractivity contribution is 7.11. The minimum absolute atomic E-state index is 0.221. The lowest BCUT2D eigenvalue weighted by molar-refractivity contribution is 0.0756. The maximum absolute atomic E-state index is 5.50. The van der Waals surface area contributed by atoms with Crippen LogP contribution in [-0.4, -0.2) is 40.2 Å². The van der Waals surface area contributed by atoms with Crippen molar-refractivity contribution in [3.05, 3.63) is 33.3 Å². The van der Waals surface area contributed by atoms with Crippen LogP contribution in [0.5, 0.6) is 0 Å². The number of aromatic nitrogens is 3. The van der Waals surface area contributed by atoms with E-state index in [2.05, 4.69) is 39.0 Å². The number of nitrogens with zero attached hydrogens (tertiary/aromatic N) is 4. The van der Waals surface area contributed by atoms with Crippen LogP contribution in [0.1, 0.15) is 40.0 Å². The molecule has 1 saturated carbocycles. The van der Waals surface area contributed by atoms with Crippen LogP contribution in [0.25, 0.3) is 0 Å². The summed E-state index contributed by atoms with van der Waals surface area (Å²) in [6, 6.07) is 4.66. The molecule has 23 heavy (non-hydrogen) atoms. The van der Waals surface area contributed by atoms with Gasteiger partial charge in [0.1, 0.15) is 5.69 Å². The third kappa shape index (κ3) is 3.20. The molecule has 0 amide bonds. The normalized spacial score (nSPS) is 21.6. The number of thiophene rings is 1. The van der Waals surface area contributed by atoms with Gasteiger partial charge in [-0.3, -0.25) is 4.90 Å². The zero-order valence-electron chi connectivity index (χ0n) is 13.9. The van der Waals surface area contributed by atoms with Gasteiger partial charge in [-0.1, -0.05) is 5.21 Å². The highest BCUT2D eigenvalue weighted by Gasteiger charge is 2.33. The van der Waals surface area contributed by atoms with E-state index in [1.807, 2.05) is 11.3 Å². The van der Waals surface area contributed by atoms with Gasteiger partial charge in [-0.25, -0.2) is 4.68 Å². The molecule has 2 aromatic rings. The molecule has 0 spiro atoms. The average Bonchev–Trinajstić information content (AvgIpc) is 3.12. The Morgan fingerprint density at radius 2 is 2.22 bits per heavy atom. The summed E-state index contributed by atoms with van der Waals surface area (Å²) in [5, 5.41) is 8.97. The fraction of sp³-hybridized carbons (Fsp3) is 0.647. The Morgan fingerprint density at radius 3 is 2.91 bits per heavy atom. The lowest BCUT2D eigenvalue weighted by Gasteiger charge is -2.34. The summed E-state index contributed by atoms with van der Waals surface area (Å²) in [7, 11) is 1.77. The molecule has 0 aromatic carbocycles. The SMILES string of the molecule is COCC1c2nnn(CC3CC3)c2CCN1Cc1ccc(C)s1. The Hall–Kier alpha value is -1.24. The second-order valence-corrected chi connectivity index (χ2v) is 8.12. The van der Waals surface area contributed by atoms with E-state index < -0.39 is 0 Å². The molecule has 5 nitrogen and oxygen atoms in total. The van der Waals surface area contributed by atoms with Gasteiger partial charge in [0.25, 0.3) is 0 Å². The lowest BCUT2D eigenvalue weighted by Crippen LogP contribution is -2.37. The maximum atomic E-state index is 5.50. The number of rotatable bonds is 6. The van der Waals surface area contributed by atoms with E-state index in [-0.39, 0.29) is 6.04 Å². The van der Waals surface area contributed by atoms with Crippen molar-refractivity contribution < 1.29 is 4.74 Å². The minimum atomic E-state index is 0.221. The molecule has 1 unspecified atom stereocenters. The van der Waals surface area contributed by atoms with Crippen molar-refractivity contribution in [2.24, 2.45) is 5.92 Å². The number of ether oxygens (including phenoxy) is 1. The van der Waals surface area contributed by atoms with Gasteiger partial charge in [-0.15, -0.1) is 16.4 Å². The zero-order chi connectivity index (χ0) is 15.8. The zero-order valence-corrected chi connectivity index (χ0v) is 14.7. The van der Waals surface area contributed by atoms with Crippen molar-refractivity contribution in [2.75, 3.05) is 20.3 Å². The predicted molar refractivity (Wildman–Crippen MR) is 90.5 cm³/mol. The second kappa shape index (κ2) is 6.34. The molecule has 3 heterocycles. The van der Waals surface area contributed by atoms with E-state index in [0.717, 1.165) is 37.7 Å². The summed E-state index contributed by atoms with van der Waals surface area (Å²) >= 11 is 1.88. The van der Waals surface area contributed by atoms with E-state index >= 15 is 0 Å². The van der Waals surface area contributed by atoms with Gasteiger partial charge in [-0.05, 0) is 37.8 Å². The molecule has 0 bridgehead atoms. The third-order valence-electron chi connectivity index (χ3n) is 4.87. The molecule has 4 rings (SSSR count). The third-order valence-corrected chi connectivity index (χ3v) is 5.85. The molecule has 124 valence electrons. The number of methoxy groups -OCH3 is 1. The van der Waals surface area contributed by atoms with Crippen LogP contribution in [0.4, 0.5) is 0 Å². The van der Waals surface area contributed by atoms with Gasteiger partial charge in [-0.2, -0.15) is 0 Å². The van der Waals surface area contributed by atoms with Gasteiger partial charge in [0, 0.05) is 42.9 Å². The predicted octanol–water partition coefficient (Wildman–Crippen LogP) is 2.80. The molecule has 2 aromatic heterocycles. The fourth-order valence-corrected chi connectivity index (χ4v) is 4.35. The van der Waals surface area contributed by atoms with Crippen LogP contribution in [0.3, 0.4) is 0 Å². The first kappa shape index (κ1) is 15.3. The summed E-state index contributed by atoms with van der Waals surface area (Å²) in [4.78, 5) is 5.28. The average molecular weight is 332 g/mol. The van der Waals surface area contributed by atoms with Gasteiger partial charge < -0.3 is 4.74 Å². The van der Waals surface area contributed by atoms with Crippen molar-refractivity contribution in [3.8, 4) is 0 Å². The minimum Gasteiger partial charge on any atom is -0.383 e. The molecule has 0 N–H and O–H groups in total. The van der Waals surface area contributed by atoms with Gasteiger partial charge in [0.05, 0.1) is 18.3 Å². The van der Waals surface area contributed by atoms with E-state index in [1.165, 1.54) is 28.3 Å². The Morgan fingerprint density at radius 1 is 1.35 bits per heavy atom. The molecule has 1 atom stereocenters. The second-order valence-electron chi connectivity index (χ2n) is 6.75. The molecule has 0 radical (unpaired) electrons. The van der Waals surface area contributed by atoms with Crippen LogP contribution in [0.15, 0.2) is 12.1 Å². The Kier molecular flexibility index (Phi) is 4.22. The Labute approximate surface area is 141 Å². The quantitative estimate of drug-likeness (QED) is 0.816. The standard InChI is InChI=1S/C17H24N4OS/c1-12-3-6-14(23-12)10-20-8-7-15-17(16(20)11-22-2)18-19-21(15)9-13-4-5-13/h3,6,13,16H,4-5,7-11H2,1-2H3. The molecule has 1 fully saturated rings. The highest BCUT2D eigenvalue weighted by Crippen LogP contribution is 2.34. The molecule has 1 aliphatic carbocycles. The van der Waals surface area contributed by atoms with Crippen molar-refractivity contribution in [1.82, 2.24) is 19.9 Å². The van der Waals surface area contributed by atoms with E-state index in [1.54, 1.807) is 7.11 Å². The first-order valence-electron chi connectivity index (χ1n) is 8.45. The Balaban J connectivity index is 1.56. The van der Waals surface area contributed by atoms with Crippen molar-refractivity contribution >= 4 is 11.3 Å². The van der Waals surface area contributed by atoms with Crippen LogP contribution in [0, 0.1) is 12.8 Å². The monoisotopic (exact) mass is 332 g/mol. The summed E-state index contributed by atoms with van der Waals surface area (Å²) < 4.78 is 7.65. The smallest absolute Gasteiger partial charge is 0.105 e. The van der Waals surface area contributed by atoms with Crippen molar-refractivity contribution in [2.45, 2.75) is 45.3 Å². The number of fused-ring (bicyclic) bond motifs is 1. The van der Waals surface area contributed by atoms with Crippen LogP contribution in [0.2, 0.25) is 0 Å². The topological polar surface area (TPSA) is 43.2 Å². The largest absolute Gasteiger partial charge is 0.383 e. The lowest BCUT2D eigenvalue weighted by atomic mass is 10.0. The van der Waals surface area contributed by atoms with Crippen LogP contribution >= 0.6 is 11.3 Å². The van der Waals surface area contributed by atoms with Gasteiger partial charge in [0.15, 0.2) is 0 Å². The highest BCUT2D eigenvalue weighted by atomic mass is 32.1. The molecule has 6 heteroatoms. The summed E-state index contributed by atoms with van der Waals surface area (Å²) in [6.07, 6.45) is 3.74. The number of aryl methyl sites for hydroxylation is 1. The molecule has 0 saturated heterocycles. The van der Waals surface area contributed by atoms with Crippen molar-refractivity contribution in [1.29, 1.82) is 0 Å². The van der Waals surface area contributed by atoms with E-state index in [4.69, 9.17) is 4.74 Å². The summed E-state index contributed by atoms with van der Waals surface area (Å²) in [5.41, 5.74) is 2.46. The van der Waals surface area contributed by atoms with Gasteiger partial charge in [0.2, 0.25) is 0 Å². The number of hydrogen-bond acceptors (Lipinski definition) is 5. The fourth-order valence-electron chi connectivity index (χ4n) is 3.43. The van der Waals surface area contributed by atoms with Crippen molar-refractivity contribution in [3.63, 3.8) is 0 Å². The summed E-state index contributed by atoms with van der Waals surface area (Å²) in [6.45, 7) is 5.92. The maximum Gasteiger partial charge on any atom is 0.105 e. The number of hydrogen-bond donors (Lipinski definition) is 0. The Bertz CT molecular complexity index is 676. The summed E-state index contributed by atoms with van der Waals surface area (Å²) in [5.74, 6) is 0.828. The van der Waals surface area contributed by atoms with Crippen LogP contribution < -0.4 is 0 Å². The van der Waals surface area contributed by atoms with Crippen LogP contribution in [-0.2, 0) is 24.2 Å². The first-order valence-corrected chi connectivity index (χ1v) is 9.27. The first-order chi connectivity index (χ1) is 11.2. The molecule has 1 aliphatic heterocycles. The molecular weight excluding hydrogens is 308 g/mol.